The second-order valence-electron chi connectivity index (χ2n) is 7.53. The van der Waals surface area contributed by atoms with Gasteiger partial charge in [-0.25, -0.2) is 9.78 Å². The van der Waals surface area contributed by atoms with Crippen molar-refractivity contribution in [1.29, 1.82) is 0 Å². The van der Waals surface area contributed by atoms with Crippen molar-refractivity contribution in [3.8, 4) is 28.6 Å². The number of hydrogen-bond acceptors (Lipinski definition) is 7. The Morgan fingerprint density at radius 3 is 2.33 bits per heavy atom. The highest BCUT2D eigenvalue weighted by atomic mass is 32.1. The Labute approximate surface area is 191 Å². The van der Waals surface area contributed by atoms with Crippen molar-refractivity contribution in [1.82, 2.24) is 9.36 Å². The molecule has 0 saturated heterocycles. The maximum Gasteiger partial charge on any atom is 0.573 e. The Kier molecular flexibility index (Phi) is 7.11. The van der Waals surface area contributed by atoms with Gasteiger partial charge in [0.15, 0.2) is 11.4 Å². The van der Waals surface area contributed by atoms with Crippen LogP contribution in [0.4, 0.5) is 13.2 Å². The van der Waals surface area contributed by atoms with E-state index in [0.29, 0.717) is 40.9 Å². The van der Waals surface area contributed by atoms with Crippen molar-refractivity contribution in [3.05, 3.63) is 53.0 Å². The van der Waals surface area contributed by atoms with E-state index in [2.05, 4.69) is 14.1 Å². The fourth-order valence-electron chi connectivity index (χ4n) is 2.68. The van der Waals surface area contributed by atoms with Crippen LogP contribution in [0.25, 0.3) is 11.4 Å². The maximum atomic E-state index is 12.3. The van der Waals surface area contributed by atoms with E-state index in [9.17, 15) is 23.1 Å². The summed E-state index contributed by atoms with van der Waals surface area (Å²) in [4.78, 5) is 15.6. The van der Waals surface area contributed by atoms with E-state index in [1.807, 2.05) is 0 Å². The first-order chi connectivity index (χ1) is 15.4. The Morgan fingerprint density at radius 2 is 1.73 bits per heavy atom. The van der Waals surface area contributed by atoms with E-state index in [1.165, 1.54) is 49.6 Å². The lowest BCUT2D eigenvalue weighted by Gasteiger charge is -2.23. The Morgan fingerprint density at radius 1 is 1.06 bits per heavy atom. The highest BCUT2D eigenvalue weighted by Crippen LogP contribution is 2.28. The van der Waals surface area contributed by atoms with E-state index in [4.69, 9.17) is 9.47 Å². The first-order valence-electron chi connectivity index (χ1n) is 9.77. The minimum atomic E-state index is -4.74. The summed E-state index contributed by atoms with van der Waals surface area (Å²) >= 11 is 1.18. The molecule has 176 valence electrons. The summed E-state index contributed by atoms with van der Waals surface area (Å²) in [6, 6.07) is 10.4. The molecule has 0 atom stereocenters. The zero-order chi connectivity index (χ0) is 24.2. The average Bonchev–Trinajstić information content (AvgIpc) is 3.18. The highest BCUT2D eigenvalue weighted by Gasteiger charge is 2.31. The van der Waals surface area contributed by atoms with Crippen molar-refractivity contribution in [2.75, 3.05) is 6.61 Å². The monoisotopic (exact) mass is 482 g/mol. The van der Waals surface area contributed by atoms with E-state index in [1.54, 1.807) is 25.1 Å². The second-order valence-corrected chi connectivity index (χ2v) is 8.36. The molecule has 0 spiro atoms. The van der Waals surface area contributed by atoms with Crippen LogP contribution in [-0.2, 0) is 11.2 Å². The topological polar surface area (TPSA) is 90.8 Å². The summed E-state index contributed by atoms with van der Waals surface area (Å²) in [6.07, 6.45) is -4.26. The summed E-state index contributed by atoms with van der Waals surface area (Å²) in [6.45, 7) is 5.07. The summed E-state index contributed by atoms with van der Waals surface area (Å²) in [5.41, 5.74) is -0.0460. The predicted molar refractivity (Wildman–Crippen MR) is 115 cm³/mol. The minimum Gasteiger partial charge on any atom is -0.493 e. The maximum absolute atomic E-state index is 12.3. The van der Waals surface area contributed by atoms with E-state index < -0.39 is 17.9 Å². The molecule has 7 nitrogen and oxygen atoms in total. The number of carboxylic acids is 1. The minimum absolute atomic E-state index is 0.312. The lowest BCUT2D eigenvalue weighted by Crippen LogP contribution is -2.38. The molecular formula is C22H21F3N2O5S. The molecule has 0 aliphatic rings. The Balaban J connectivity index is 1.55. The molecule has 3 rings (SSSR count). The standard InChI is InChI=1S/C22H21F3N2O5S/c1-13-12-16(8-9-17(13)32-21(2,3)20(28)29)30-11-10-18-26-19(27-33-18)14-4-6-15(7-5-14)31-22(23,24)25/h4-9,12H,10-11H2,1-3H3,(H,28,29). The van der Waals surface area contributed by atoms with Crippen molar-refractivity contribution in [2.24, 2.45) is 0 Å². The molecule has 1 heterocycles. The van der Waals surface area contributed by atoms with Crippen LogP contribution in [-0.4, -0.2) is 39.0 Å². The smallest absolute Gasteiger partial charge is 0.493 e. The third-order valence-corrected chi connectivity index (χ3v) is 5.20. The summed E-state index contributed by atoms with van der Waals surface area (Å²) in [7, 11) is 0. The van der Waals surface area contributed by atoms with Crippen molar-refractivity contribution in [3.63, 3.8) is 0 Å². The third-order valence-electron chi connectivity index (χ3n) is 4.43. The van der Waals surface area contributed by atoms with Gasteiger partial charge in [-0.15, -0.1) is 13.2 Å². The quantitative estimate of drug-likeness (QED) is 0.444. The molecule has 11 heteroatoms. The van der Waals surface area contributed by atoms with E-state index >= 15 is 0 Å². The molecule has 1 N–H and O–H groups in total. The number of carbonyl (C=O) groups is 1. The number of alkyl halides is 3. The van der Waals surface area contributed by atoms with Gasteiger partial charge in [-0.2, -0.15) is 4.37 Å². The molecule has 0 aliphatic carbocycles. The predicted octanol–water partition coefficient (Wildman–Crippen LogP) is 5.28. The molecule has 1 aromatic heterocycles. The largest absolute Gasteiger partial charge is 0.573 e. The molecular weight excluding hydrogens is 461 g/mol. The van der Waals surface area contributed by atoms with Gasteiger partial charge >= 0.3 is 12.3 Å². The fraction of sp³-hybridized carbons (Fsp3) is 0.318. The van der Waals surface area contributed by atoms with Crippen LogP contribution in [0.2, 0.25) is 0 Å². The number of ether oxygens (including phenoxy) is 3. The van der Waals surface area contributed by atoms with Gasteiger partial charge in [-0.3, -0.25) is 0 Å². The van der Waals surface area contributed by atoms with Gasteiger partial charge in [0.05, 0.1) is 6.61 Å². The number of hydrogen-bond donors (Lipinski definition) is 1. The van der Waals surface area contributed by atoms with Crippen LogP contribution in [0.5, 0.6) is 17.2 Å². The average molecular weight is 482 g/mol. The number of aliphatic carboxylic acids is 1. The number of aromatic nitrogens is 2. The van der Waals surface area contributed by atoms with Crippen molar-refractivity contribution < 1.29 is 37.3 Å². The molecule has 0 unspecified atom stereocenters. The van der Waals surface area contributed by atoms with E-state index in [0.717, 1.165) is 5.56 Å². The summed E-state index contributed by atoms with van der Waals surface area (Å²) in [5.74, 6) is 0.0812. The first kappa shape index (κ1) is 24.3. The summed E-state index contributed by atoms with van der Waals surface area (Å²) in [5, 5.41) is 9.90. The highest BCUT2D eigenvalue weighted by molar-refractivity contribution is 7.05. The molecule has 0 saturated carbocycles. The molecule has 0 amide bonds. The van der Waals surface area contributed by atoms with Gasteiger partial charge in [-0.05, 0) is 80.3 Å². The van der Waals surface area contributed by atoms with Crippen LogP contribution in [0.1, 0.15) is 24.4 Å². The molecule has 3 aromatic rings. The van der Waals surface area contributed by atoms with Gasteiger partial charge in [0, 0.05) is 12.0 Å². The number of carboxylic acid groups (broad SMARTS) is 1. The Bertz CT molecular complexity index is 1110. The molecule has 0 fully saturated rings. The molecule has 0 radical (unpaired) electrons. The number of halogens is 3. The zero-order valence-electron chi connectivity index (χ0n) is 18.0. The van der Waals surface area contributed by atoms with Crippen LogP contribution >= 0.6 is 11.5 Å². The van der Waals surface area contributed by atoms with Crippen molar-refractivity contribution >= 4 is 17.5 Å². The van der Waals surface area contributed by atoms with Gasteiger partial charge < -0.3 is 19.3 Å². The lowest BCUT2D eigenvalue weighted by atomic mass is 10.1. The molecule has 0 aliphatic heterocycles. The normalized spacial score (nSPS) is 11.8. The third kappa shape index (κ3) is 6.82. The molecule has 33 heavy (non-hydrogen) atoms. The first-order valence-corrected chi connectivity index (χ1v) is 10.5. The van der Waals surface area contributed by atoms with Gasteiger partial charge in [0.1, 0.15) is 22.3 Å². The second kappa shape index (κ2) is 9.65. The zero-order valence-corrected chi connectivity index (χ0v) is 18.8. The van der Waals surface area contributed by atoms with Crippen LogP contribution in [0.15, 0.2) is 42.5 Å². The molecule has 0 bridgehead atoms. The van der Waals surface area contributed by atoms with Crippen LogP contribution in [0.3, 0.4) is 0 Å². The number of rotatable bonds is 9. The van der Waals surface area contributed by atoms with Crippen LogP contribution < -0.4 is 14.2 Å². The van der Waals surface area contributed by atoms with Crippen LogP contribution in [0, 0.1) is 6.92 Å². The van der Waals surface area contributed by atoms with Gasteiger partial charge in [0.2, 0.25) is 0 Å². The fourth-order valence-corrected chi connectivity index (χ4v) is 3.32. The van der Waals surface area contributed by atoms with Gasteiger partial charge in [-0.1, -0.05) is 0 Å². The summed E-state index contributed by atoms with van der Waals surface area (Å²) < 4.78 is 56.2. The van der Waals surface area contributed by atoms with Crippen molar-refractivity contribution in [2.45, 2.75) is 39.2 Å². The molecule has 2 aromatic carbocycles. The SMILES string of the molecule is Cc1cc(OCCc2nc(-c3ccc(OC(F)(F)F)cc3)ns2)ccc1OC(C)(C)C(=O)O. The Hall–Kier alpha value is -3.34. The number of aryl methyl sites for hydroxylation is 1. The number of nitrogens with zero attached hydrogens (tertiary/aromatic N) is 2. The number of benzene rings is 2. The lowest BCUT2D eigenvalue weighted by molar-refractivity contribution is -0.274. The van der Waals surface area contributed by atoms with E-state index in [-0.39, 0.29) is 5.75 Å². The van der Waals surface area contributed by atoms with Gasteiger partial charge in [0.25, 0.3) is 0 Å².